The molecule has 5 nitrogen and oxygen atoms in total. The first kappa shape index (κ1) is 22.5. The van der Waals surface area contributed by atoms with Crippen LogP contribution in [0.15, 0.2) is 41.3 Å². The number of carbonyl (C=O) groups excluding carboxylic acids is 1. The minimum Gasteiger partial charge on any atom is -0.390 e. The highest BCUT2D eigenvalue weighted by Crippen LogP contribution is 2.51. The summed E-state index contributed by atoms with van der Waals surface area (Å²) in [5.74, 6) is -1.42. The smallest absolute Gasteiger partial charge is 0.255 e. The van der Waals surface area contributed by atoms with E-state index in [0.717, 1.165) is 18.9 Å². The predicted octanol–water partition coefficient (Wildman–Crippen LogP) is 5.10. The first-order chi connectivity index (χ1) is 14.5. The van der Waals surface area contributed by atoms with Crippen LogP contribution >= 0.6 is 23.2 Å². The van der Waals surface area contributed by atoms with E-state index in [-0.39, 0.29) is 38.0 Å². The molecule has 1 amide bonds. The van der Waals surface area contributed by atoms with Crippen LogP contribution in [0.5, 0.6) is 0 Å². The summed E-state index contributed by atoms with van der Waals surface area (Å²) in [6.45, 7) is 1.79. The normalized spacial score (nSPS) is 27.8. The number of nitrogens with one attached hydrogen (secondary N) is 1. The second kappa shape index (κ2) is 8.03. The number of carbonyl (C=O) groups is 1. The SMILES string of the molecule is CC1(O)C2CCC1CC(S(=O)(=O)c1cc(C(=O)Nc3ccc(Cl)c(F)c3)ccc1Cl)C2. The van der Waals surface area contributed by atoms with E-state index in [0.29, 0.717) is 12.8 Å². The molecule has 0 saturated heterocycles. The first-order valence-electron chi connectivity index (χ1n) is 10.0. The zero-order chi connectivity index (χ0) is 22.6. The molecule has 166 valence electrons. The average Bonchev–Trinajstić information content (AvgIpc) is 2.87. The fraction of sp³-hybridized carbons (Fsp3) is 0.409. The number of benzene rings is 2. The van der Waals surface area contributed by atoms with Gasteiger partial charge in [0.1, 0.15) is 5.82 Å². The molecule has 0 spiro atoms. The molecule has 2 bridgehead atoms. The van der Waals surface area contributed by atoms with Crippen LogP contribution in [0.1, 0.15) is 43.0 Å². The molecule has 2 unspecified atom stereocenters. The largest absolute Gasteiger partial charge is 0.390 e. The Hall–Kier alpha value is -1.67. The summed E-state index contributed by atoms with van der Waals surface area (Å²) in [5, 5.41) is 12.5. The first-order valence-corrected chi connectivity index (χ1v) is 12.3. The number of hydrogen-bond acceptors (Lipinski definition) is 4. The molecule has 2 N–H and O–H groups in total. The number of amides is 1. The van der Waals surface area contributed by atoms with Crippen molar-refractivity contribution in [1.29, 1.82) is 0 Å². The number of halogens is 3. The maximum Gasteiger partial charge on any atom is 0.255 e. The van der Waals surface area contributed by atoms with Gasteiger partial charge in [-0.1, -0.05) is 23.2 Å². The highest BCUT2D eigenvalue weighted by atomic mass is 35.5. The van der Waals surface area contributed by atoms with Crippen LogP contribution in [0.25, 0.3) is 0 Å². The van der Waals surface area contributed by atoms with Gasteiger partial charge in [-0.05, 0) is 80.8 Å². The molecule has 0 radical (unpaired) electrons. The van der Waals surface area contributed by atoms with Gasteiger partial charge in [0.25, 0.3) is 5.91 Å². The van der Waals surface area contributed by atoms with Crippen molar-refractivity contribution >= 4 is 44.6 Å². The van der Waals surface area contributed by atoms with E-state index in [9.17, 15) is 22.7 Å². The van der Waals surface area contributed by atoms with Crippen molar-refractivity contribution in [3.63, 3.8) is 0 Å². The number of fused-ring (bicyclic) bond motifs is 2. The van der Waals surface area contributed by atoms with E-state index >= 15 is 0 Å². The predicted molar refractivity (Wildman–Crippen MR) is 118 cm³/mol. The molecule has 9 heteroatoms. The Kier molecular flexibility index (Phi) is 5.83. The fourth-order valence-electron chi connectivity index (χ4n) is 4.84. The number of anilines is 1. The lowest BCUT2D eigenvalue weighted by Gasteiger charge is -2.40. The molecular formula is C22H22Cl2FNO4S. The van der Waals surface area contributed by atoms with Crippen LogP contribution in [-0.2, 0) is 9.84 Å². The van der Waals surface area contributed by atoms with Gasteiger partial charge in [0.05, 0.1) is 25.8 Å². The molecule has 2 fully saturated rings. The number of sulfone groups is 1. The summed E-state index contributed by atoms with van der Waals surface area (Å²) >= 11 is 11.9. The summed E-state index contributed by atoms with van der Waals surface area (Å²) < 4.78 is 40.4. The molecule has 31 heavy (non-hydrogen) atoms. The third kappa shape index (κ3) is 4.09. The molecular weight excluding hydrogens is 464 g/mol. The van der Waals surface area contributed by atoms with Crippen molar-refractivity contribution in [2.45, 2.75) is 48.4 Å². The summed E-state index contributed by atoms with van der Waals surface area (Å²) in [4.78, 5) is 12.5. The Morgan fingerprint density at radius 3 is 2.32 bits per heavy atom. The lowest BCUT2D eigenvalue weighted by Crippen LogP contribution is -2.45. The van der Waals surface area contributed by atoms with E-state index in [1.165, 1.54) is 30.3 Å². The molecule has 0 aliphatic heterocycles. The minimum atomic E-state index is -3.81. The Morgan fingerprint density at radius 2 is 1.71 bits per heavy atom. The van der Waals surface area contributed by atoms with Crippen molar-refractivity contribution in [3.05, 3.63) is 57.8 Å². The molecule has 2 atom stereocenters. The van der Waals surface area contributed by atoms with Gasteiger partial charge < -0.3 is 10.4 Å². The highest BCUT2D eigenvalue weighted by molar-refractivity contribution is 7.92. The van der Waals surface area contributed by atoms with Gasteiger partial charge in [0, 0.05) is 11.3 Å². The minimum absolute atomic E-state index is 0.0405. The van der Waals surface area contributed by atoms with Crippen molar-refractivity contribution in [1.82, 2.24) is 0 Å². The second-order valence-corrected chi connectivity index (χ2v) is 11.6. The molecule has 2 aliphatic carbocycles. The monoisotopic (exact) mass is 485 g/mol. The van der Waals surface area contributed by atoms with Crippen molar-refractivity contribution < 1.29 is 22.7 Å². The zero-order valence-electron chi connectivity index (χ0n) is 16.7. The maximum atomic E-state index is 13.6. The number of aliphatic hydroxyl groups is 1. The molecule has 2 aromatic carbocycles. The Balaban J connectivity index is 1.60. The van der Waals surface area contributed by atoms with Gasteiger partial charge in [0.15, 0.2) is 9.84 Å². The third-order valence-corrected chi connectivity index (χ3v) is 9.69. The van der Waals surface area contributed by atoms with Gasteiger partial charge in [-0.2, -0.15) is 0 Å². The molecule has 2 saturated carbocycles. The van der Waals surface area contributed by atoms with Gasteiger partial charge in [-0.3, -0.25) is 4.79 Å². The van der Waals surface area contributed by atoms with E-state index < -0.39 is 32.4 Å². The average molecular weight is 486 g/mol. The Bertz CT molecular complexity index is 1140. The van der Waals surface area contributed by atoms with E-state index in [1.807, 2.05) is 0 Å². The maximum absolute atomic E-state index is 13.6. The number of rotatable bonds is 4. The molecule has 2 aromatic rings. The van der Waals surface area contributed by atoms with Crippen molar-refractivity contribution in [2.24, 2.45) is 11.8 Å². The quantitative estimate of drug-likeness (QED) is 0.630. The lowest BCUT2D eigenvalue weighted by atomic mass is 9.76. The van der Waals surface area contributed by atoms with E-state index in [4.69, 9.17) is 23.2 Å². The highest BCUT2D eigenvalue weighted by Gasteiger charge is 2.53. The van der Waals surface area contributed by atoms with Crippen LogP contribution < -0.4 is 5.32 Å². The van der Waals surface area contributed by atoms with Crippen molar-refractivity contribution in [2.75, 3.05) is 5.32 Å². The molecule has 0 aromatic heterocycles. The van der Waals surface area contributed by atoms with Gasteiger partial charge in [-0.25, -0.2) is 12.8 Å². The van der Waals surface area contributed by atoms with Gasteiger partial charge in [0.2, 0.25) is 0 Å². The standard InChI is InChI=1S/C22H22Cl2FNO4S/c1-22(28)13-3-4-14(22)10-16(9-13)31(29,30)20-8-12(2-6-18(20)24)21(27)26-15-5-7-17(23)19(25)11-15/h2,5-8,11,13-14,16,28H,3-4,9-10H2,1H3,(H,26,27). The molecule has 0 heterocycles. The van der Waals surface area contributed by atoms with Crippen molar-refractivity contribution in [3.8, 4) is 0 Å². The van der Waals surface area contributed by atoms with Crippen LogP contribution in [-0.4, -0.2) is 30.3 Å². The van der Waals surface area contributed by atoms with Gasteiger partial charge >= 0.3 is 0 Å². The number of hydrogen-bond donors (Lipinski definition) is 2. The van der Waals surface area contributed by atoms with Crippen LogP contribution in [0.4, 0.5) is 10.1 Å². The molecule has 4 rings (SSSR count). The topological polar surface area (TPSA) is 83.5 Å². The fourth-order valence-corrected chi connectivity index (χ4v) is 7.36. The van der Waals surface area contributed by atoms with E-state index in [2.05, 4.69) is 5.32 Å². The second-order valence-electron chi connectivity index (χ2n) is 8.56. The van der Waals surface area contributed by atoms with Crippen LogP contribution in [0.3, 0.4) is 0 Å². The Labute approximate surface area is 190 Å². The summed E-state index contributed by atoms with van der Waals surface area (Å²) in [5.41, 5.74) is -0.563. The third-order valence-electron chi connectivity index (χ3n) is 6.73. The summed E-state index contributed by atoms with van der Waals surface area (Å²) in [7, 11) is -3.81. The zero-order valence-corrected chi connectivity index (χ0v) is 19.1. The molecule has 2 aliphatic rings. The summed E-state index contributed by atoms with van der Waals surface area (Å²) in [6.07, 6.45) is 2.33. The lowest BCUT2D eigenvalue weighted by molar-refractivity contribution is -0.0413. The van der Waals surface area contributed by atoms with E-state index in [1.54, 1.807) is 6.92 Å². The Morgan fingerprint density at radius 1 is 1.10 bits per heavy atom. The van der Waals surface area contributed by atoms with Crippen LogP contribution in [0.2, 0.25) is 10.0 Å². The van der Waals surface area contributed by atoms with Gasteiger partial charge in [-0.15, -0.1) is 0 Å². The van der Waals surface area contributed by atoms with Crippen LogP contribution in [0, 0.1) is 17.7 Å². The summed E-state index contributed by atoms with van der Waals surface area (Å²) in [6, 6.07) is 7.89.